The number of carbonyl (C=O) groups excluding carboxylic acids is 1. The molecule has 102 valence electrons. The highest BCUT2D eigenvalue weighted by atomic mass is 35.5. The summed E-state index contributed by atoms with van der Waals surface area (Å²) in [7, 11) is 0. The van der Waals surface area contributed by atoms with Crippen LogP contribution in [0.25, 0.3) is 0 Å². The number of carbonyl (C=O) groups is 1. The first-order valence-corrected chi connectivity index (χ1v) is 6.26. The number of hydrogen-bond donors (Lipinski definition) is 2. The van der Waals surface area contributed by atoms with Crippen molar-refractivity contribution in [2.75, 3.05) is 31.6 Å². The van der Waals surface area contributed by atoms with Crippen molar-refractivity contribution in [3.63, 3.8) is 0 Å². The summed E-state index contributed by atoms with van der Waals surface area (Å²) < 4.78 is 10.8. The summed E-state index contributed by atoms with van der Waals surface area (Å²) in [5, 5.41) is 6.09. The number of amides is 1. The Kier molecular flexibility index (Phi) is 4.65. The van der Waals surface area contributed by atoms with Crippen LogP contribution in [0, 0.1) is 0 Å². The minimum atomic E-state index is -0.158. The summed E-state index contributed by atoms with van der Waals surface area (Å²) in [4.78, 5) is 11.6. The molecule has 0 atom stereocenters. The van der Waals surface area contributed by atoms with Crippen LogP contribution >= 0.6 is 11.6 Å². The quantitative estimate of drug-likeness (QED) is 0.864. The molecule has 0 aliphatic carbocycles. The Balaban J connectivity index is 1.88. The molecule has 0 saturated carbocycles. The maximum Gasteiger partial charge on any atom is 0.238 e. The molecule has 2 N–H and O–H groups in total. The number of ether oxygens (including phenoxy) is 2. The number of hydrogen-bond acceptors (Lipinski definition) is 4. The standard InChI is InChI=1S/C13H15ClN2O3/c1-9(14)7-15-8-13(17)16-10-2-3-11-12(6-10)19-5-4-18-11/h2-3,6,15H,1,4-5,7-8H2,(H,16,17). The third-order valence-corrected chi connectivity index (χ3v) is 2.56. The molecule has 0 bridgehead atoms. The van der Waals surface area contributed by atoms with Gasteiger partial charge in [0, 0.05) is 23.3 Å². The van der Waals surface area contributed by atoms with Crippen LogP contribution in [0.15, 0.2) is 29.8 Å². The summed E-state index contributed by atoms with van der Waals surface area (Å²) >= 11 is 5.58. The summed E-state index contributed by atoms with van der Waals surface area (Å²) in [6.07, 6.45) is 0. The van der Waals surface area contributed by atoms with E-state index in [0.717, 1.165) is 0 Å². The molecule has 1 aliphatic heterocycles. The van der Waals surface area contributed by atoms with Crippen molar-refractivity contribution in [3.05, 3.63) is 29.8 Å². The molecule has 0 aromatic heterocycles. The number of anilines is 1. The van der Waals surface area contributed by atoms with Gasteiger partial charge in [0.05, 0.1) is 6.54 Å². The number of rotatable bonds is 5. The lowest BCUT2D eigenvalue weighted by molar-refractivity contribution is -0.115. The van der Waals surface area contributed by atoms with Crippen molar-refractivity contribution < 1.29 is 14.3 Å². The minimum Gasteiger partial charge on any atom is -0.486 e. The van der Waals surface area contributed by atoms with Gasteiger partial charge in [0.2, 0.25) is 5.91 Å². The van der Waals surface area contributed by atoms with E-state index in [1.807, 2.05) is 0 Å². The SMILES string of the molecule is C=C(Cl)CNCC(=O)Nc1ccc2c(c1)OCCO2. The Labute approximate surface area is 116 Å². The van der Waals surface area contributed by atoms with Crippen LogP contribution < -0.4 is 20.1 Å². The van der Waals surface area contributed by atoms with E-state index in [1.165, 1.54) is 0 Å². The Morgan fingerprint density at radius 2 is 2.00 bits per heavy atom. The molecule has 1 heterocycles. The van der Waals surface area contributed by atoms with Gasteiger partial charge in [-0.05, 0) is 12.1 Å². The van der Waals surface area contributed by atoms with E-state index in [1.54, 1.807) is 18.2 Å². The number of halogens is 1. The fourth-order valence-corrected chi connectivity index (χ4v) is 1.73. The first-order valence-electron chi connectivity index (χ1n) is 5.88. The maximum absolute atomic E-state index is 11.6. The molecular formula is C13H15ClN2O3. The van der Waals surface area contributed by atoms with E-state index < -0.39 is 0 Å². The zero-order chi connectivity index (χ0) is 13.7. The summed E-state index contributed by atoms with van der Waals surface area (Å²) in [6, 6.07) is 5.29. The van der Waals surface area contributed by atoms with Crippen LogP contribution in [0.3, 0.4) is 0 Å². The fraction of sp³-hybridized carbons (Fsp3) is 0.308. The van der Waals surface area contributed by atoms with Crippen molar-refractivity contribution in [2.24, 2.45) is 0 Å². The summed E-state index contributed by atoms with van der Waals surface area (Å²) in [5.41, 5.74) is 0.667. The average molecular weight is 283 g/mol. The highest BCUT2D eigenvalue weighted by Crippen LogP contribution is 2.32. The van der Waals surface area contributed by atoms with Crippen molar-refractivity contribution >= 4 is 23.2 Å². The predicted octanol–water partition coefficient (Wildman–Crippen LogP) is 1.74. The van der Waals surface area contributed by atoms with Gasteiger partial charge >= 0.3 is 0 Å². The highest BCUT2D eigenvalue weighted by molar-refractivity contribution is 6.29. The molecule has 0 unspecified atom stereocenters. The zero-order valence-corrected chi connectivity index (χ0v) is 11.1. The zero-order valence-electron chi connectivity index (χ0n) is 10.4. The molecule has 2 rings (SSSR count). The molecule has 0 spiro atoms. The number of fused-ring (bicyclic) bond motifs is 1. The van der Waals surface area contributed by atoms with Crippen LogP contribution in [-0.2, 0) is 4.79 Å². The Morgan fingerprint density at radius 3 is 2.74 bits per heavy atom. The lowest BCUT2D eigenvalue weighted by Gasteiger charge is -2.19. The van der Waals surface area contributed by atoms with Gasteiger partial charge in [0.1, 0.15) is 13.2 Å². The first kappa shape index (κ1) is 13.7. The fourth-order valence-electron chi connectivity index (χ4n) is 1.64. The lowest BCUT2D eigenvalue weighted by Crippen LogP contribution is -2.28. The number of benzene rings is 1. The minimum absolute atomic E-state index is 0.158. The normalized spacial score (nSPS) is 12.9. The molecule has 0 radical (unpaired) electrons. The largest absolute Gasteiger partial charge is 0.486 e. The van der Waals surface area contributed by atoms with Crippen molar-refractivity contribution in [1.82, 2.24) is 5.32 Å². The second-order valence-corrected chi connectivity index (χ2v) is 4.56. The Hall–Kier alpha value is -1.72. The van der Waals surface area contributed by atoms with Crippen LogP contribution in [0.1, 0.15) is 0 Å². The van der Waals surface area contributed by atoms with Crippen LogP contribution in [0.5, 0.6) is 11.5 Å². The first-order chi connectivity index (χ1) is 9.15. The predicted molar refractivity (Wildman–Crippen MR) is 73.9 cm³/mol. The molecular weight excluding hydrogens is 268 g/mol. The van der Waals surface area contributed by atoms with Crippen LogP contribution in [-0.4, -0.2) is 32.2 Å². The number of nitrogens with one attached hydrogen (secondary N) is 2. The molecule has 1 aromatic carbocycles. The van der Waals surface area contributed by atoms with E-state index in [0.29, 0.717) is 42.0 Å². The van der Waals surface area contributed by atoms with E-state index in [4.69, 9.17) is 21.1 Å². The summed E-state index contributed by atoms with van der Waals surface area (Å²) in [5.74, 6) is 1.18. The van der Waals surface area contributed by atoms with Gasteiger partial charge in [0.15, 0.2) is 11.5 Å². The average Bonchev–Trinajstić information content (AvgIpc) is 2.38. The molecule has 19 heavy (non-hydrogen) atoms. The maximum atomic E-state index is 11.6. The van der Waals surface area contributed by atoms with Crippen LogP contribution in [0.2, 0.25) is 0 Å². The van der Waals surface area contributed by atoms with E-state index in [2.05, 4.69) is 17.2 Å². The van der Waals surface area contributed by atoms with Gasteiger partial charge in [0.25, 0.3) is 0 Å². The van der Waals surface area contributed by atoms with Gasteiger partial charge in [-0.1, -0.05) is 18.2 Å². The van der Waals surface area contributed by atoms with E-state index in [9.17, 15) is 4.79 Å². The highest BCUT2D eigenvalue weighted by Gasteiger charge is 2.12. The molecule has 0 fully saturated rings. The van der Waals surface area contributed by atoms with Crippen molar-refractivity contribution in [1.29, 1.82) is 0 Å². The second kappa shape index (κ2) is 6.45. The molecule has 1 aromatic rings. The van der Waals surface area contributed by atoms with E-state index in [-0.39, 0.29) is 12.5 Å². The topological polar surface area (TPSA) is 59.6 Å². The molecule has 1 amide bonds. The van der Waals surface area contributed by atoms with Crippen LogP contribution in [0.4, 0.5) is 5.69 Å². The molecule has 6 heteroatoms. The van der Waals surface area contributed by atoms with Gasteiger partial charge in [-0.3, -0.25) is 4.79 Å². The van der Waals surface area contributed by atoms with Gasteiger partial charge in [-0.25, -0.2) is 0 Å². The van der Waals surface area contributed by atoms with Gasteiger partial charge < -0.3 is 20.1 Å². The summed E-state index contributed by atoms with van der Waals surface area (Å²) in [6.45, 7) is 5.15. The molecule has 5 nitrogen and oxygen atoms in total. The Bertz CT molecular complexity index is 491. The van der Waals surface area contributed by atoms with Crippen molar-refractivity contribution in [3.8, 4) is 11.5 Å². The second-order valence-electron chi connectivity index (χ2n) is 4.03. The third kappa shape index (κ3) is 4.15. The monoisotopic (exact) mass is 282 g/mol. The molecule has 0 saturated heterocycles. The van der Waals surface area contributed by atoms with Gasteiger partial charge in [-0.15, -0.1) is 0 Å². The molecule has 1 aliphatic rings. The third-order valence-electron chi connectivity index (χ3n) is 2.43. The van der Waals surface area contributed by atoms with E-state index >= 15 is 0 Å². The Morgan fingerprint density at radius 1 is 1.26 bits per heavy atom. The lowest BCUT2D eigenvalue weighted by atomic mass is 10.2. The van der Waals surface area contributed by atoms with Gasteiger partial charge in [-0.2, -0.15) is 0 Å². The van der Waals surface area contributed by atoms with Crippen molar-refractivity contribution in [2.45, 2.75) is 0 Å². The smallest absolute Gasteiger partial charge is 0.238 e.